The number of carbonyl (C=O) groups excluding carboxylic acids is 1. The maximum absolute atomic E-state index is 13.3. The van der Waals surface area contributed by atoms with Crippen LogP contribution in [0.25, 0.3) is 21.9 Å². The molecule has 24 heavy (non-hydrogen) atoms. The molecule has 0 bridgehead atoms. The summed E-state index contributed by atoms with van der Waals surface area (Å²) < 4.78 is 29.7. The van der Waals surface area contributed by atoms with Crippen molar-refractivity contribution in [2.45, 2.75) is 6.61 Å². The zero-order valence-corrected chi connectivity index (χ0v) is 12.5. The number of hydrogen-bond acceptors (Lipinski definition) is 4. The van der Waals surface area contributed by atoms with Crippen molar-refractivity contribution >= 4 is 16.7 Å². The van der Waals surface area contributed by atoms with Gasteiger partial charge in [-0.05, 0) is 35.2 Å². The summed E-state index contributed by atoms with van der Waals surface area (Å²) in [6, 6.07) is 11.7. The van der Waals surface area contributed by atoms with Gasteiger partial charge in [0.05, 0.1) is 5.56 Å². The van der Waals surface area contributed by atoms with Crippen LogP contribution in [0.1, 0.15) is 15.9 Å². The first kappa shape index (κ1) is 13.4. The van der Waals surface area contributed by atoms with E-state index in [-0.39, 0.29) is 25.2 Å². The van der Waals surface area contributed by atoms with Crippen LogP contribution in [0.2, 0.25) is 0 Å². The minimum Gasteiger partial charge on any atom is -0.457 e. The summed E-state index contributed by atoms with van der Waals surface area (Å²) >= 11 is 0. The minimum atomic E-state index is -0.340. The summed E-state index contributed by atoms with van der Waals surface area (Å²) in [4.78, 5) is 12.0. The van der Waals surface area contributed by atoms with E-state index < -0.39 is 0 Å². The van der Waals surface area contributed by atoms with Gasteiger partial charge in [0.1, 0.15) is 12.4 Å². The first-order valence-electron chi connectivity index (χ1n) is 7.53. The molecule has 2 aliphatic heterocycles. The van der Waals surface area contributed by atoms with E-state index in [0.717, 1.165) is 27.5 Å². The van der Waals surface area contributed by atoms with E-state index in [1.165, 1.54) is 12.1 Å². The Morgan fingerprint density at radius 3 is 2.62 bits per heavy atom. The van der Waals surface area contributed by atoms with Gasteiger partial charge >= 0.3 is 5.97 Å². The summed E-state index contributed by atoms with van der Waals surface area (Å²) in [6.45, 7) is 0.352. The first-order valence-corrected chi connectivity index (χ1v) is 7.53. The fraction of sp³-hybridized carbons (Fsp3) is 0.105. The largest absolute Gasteiger partial charge is 0.457 e. The van der Waals surface area contributed by atoms with Gasteiger partial charge in [0.25, 0.3) is 0 Å². The molecule has 3 aromatic rings. The van der Waals surface area contributed by atoms with Crippen LogP contribution in [0.15, 0.2) is 42.5 Å². The molecular formula is C19H11FO4. The third-order valence-corrected chi connectivity index (χ3v) is 4.45. The standard InChI is InChI=1S/C19H11FO4/c20-12-4-1-10(2-5-12)16-14-8-22-19(21)13(14)7-11-3-6-15-18(17(11)16)24-9-23-15/h1-7H,8-9H2. The Bertz CT molecular complexity index is 1010. The predicted molar refractivity (Wildman–Crippen MR) is 84.6 cm³/mol. The van der Waals surface area contributed by atoms with Crippen molar-refractivity contribution in [2.75, 3.05) is 6.79 Å². The summed E-state index contributed by atoms with van der Waals surface area (Å²) in [5.74, 6) is 0.658. The monoisotopic (exact) mass is 322 g/mol. The quantitative estimate of drug-likeness (QED) is 0.634. The van der Waals surface area contributed by atoms with E-state index in [4.69, 9.17) is 14.2 Å². The molecule has 5 heteroatoms. The van der Waals surface area contributed by atoms with Crippen molar-refractivity contribution in [1.82, 2.24) is 0 Å². The van der Waals surface area contributed by atoms with Crippen LogP contribution in [-0.4, -0.2) is 12.8 Å². The van der Waals surface area contributed by atoms with Crippen molar-refractivity contribution in [3.05, 3.63) is 59.4 Å². The summed E-state index contributed by atoms with van der Waals surface area (Å²) in [7, 11) is 0. The lowest BCUT2D eigenvalue weighted by molar-refractivity contribution is 0.0535. The molecule has 0 aromatic heterocycles. The van der Waals surface area contributed by atoms with Gasteiger partial charge in [0.2, 0.25) is 6.79 Å². The van der Waals surface area contributed by atoms with Gasteiger partial charge in [0, 0.05) is 16.5 Å². The molecule has 0 radical (unpaired) electrons. The van der Waals surface area contributed by atoms with Gasteiger partial charge < -0.3 is 14.2 Å². The molecule has 0 saturated carbocycles. The number of rotatable bonds is 1. The Balaban J connectivity index is 1.93. The molecule has 3 aromatic carbocycles. The van der Waals surface area contributed by atoms with Gasteiger partial charge in [0.15, 0.2) is 11.5 Å². The van der Waals surface area contributed by atoms with E-state index in [9.17, 15) is 9.18 Å². The third kappa shape index (κ3) is 1.75. The Labute approximate surface area is 136 Å². The molecule has 0 atom stereocenters. The van der Waals surface area contributed by atoms with Crippen LogP contribution in [0.5, 0.6) is 11.5 Å². The maximum Gasteiger partial charge on any atom is 0.338 e. The zero-order chi connectivity index (χ0) is 16.3. The molecule has 0 spiro atoms. The molecule has 2 heterocycles. The van der Waals surface area contributed by atoms with E-state index in [2.05, 4.69) is 0 Å². The molecule has 118 valence electrons. The number of esters is 1. The van der Waals surface area contributed by atoms with E-state index in [1.807, 2.05) is 18.2 Å². The second-order valence-corrected chi connectivity index (χ2v) is 5.76. The first-order chi connectivity index (χ1) is 11.7. The molecular weight excluding hydrogens is 311 g/mol. The molecule has 0 saturated heterocycles. The van der Waals surface area contributed by atoms with Crippen molar-refractivity contribution in [1.29, 1.82) is 0 Å². The van der Waals surface area contributed by atoms with Crippen LogP contribution in [0.4, 0.5) is 4.39 Å². The highest BCUT2D eigenvalue weighted by molar-refractivity contribution is 6.10. The predicted octanol–water partition coefficient (Wildman–Crippen LogP) is 4.05. The average Bonchev–Trinajstić information content (AvgIpc) is 3.21. The fourth-order valence-electron chi connectivity index (χ4n) is 3.38. The highest BCUT2D eigenvalue weighted by atomic mass is 19.1. The topological polar surface area (TPSA) is 44.8 Å². The van der Waals surface area contributed by atoms with Gasteiger partial charge in [-0.25, -0.2) is 9.18 Å². The van der Waals surface area contributed by atoms with Crippen molar-refractivity contribution < 1.29 is 23.4 Å². The maximum atomic E-state index is 13.3. The molecule has 0 N–H and O–H groups in total. The van der Waals surface area contributed by atoms with Crippen molar-refractivity contribution in [2.24, 2.45) is 0 Å². The summed E-state index contributed by atoms with van der Waals surface area (Å²) in [6.07, 6.45) is 0. The third-order valence-electron chi connectivity index (χ3n) is 4.45. The Morgan fingerprint density at radius 2 is 1.79 bits per heavy atom. The van der Waals surface area contributed by atoms with Crippen LogP contribution in [0.3, 0.4) is 0 Å². The van der Waals surface area contributed by atoms with Crippen molar-refractivity contribution in [3.8, 4) is 22.6 Å². The molecule has 0 fully saturated rings. The van der Waals surface area contributed by atoms with Gasteiger partial charge in [-0.3, -0.25) is 0 Å². The second kappa shape index (κ2) is 4.71. The normalized spacial score (nSPS) is 14.8. The summed E-state index contributed by atoms with van der Waals surface area (Å²) in [5, 5.41) is 1.71. The van der Waals surface area contributed by atoms with Gasteiger partial charge in [-0.15, -0.1) is 0 Å². The fourth-order valence-corrected chi connectivity index (χ4v) is 3.38. The molecule has 5 rings (SSSR count). The molecule has 0 aliphatic carbocycles. The SMILES string of the molecule is O=C1OCc2c1cc1ccc3c(c1c2-c1ccc(F)cc1)OCO3. The number of cyclic esters (lactones) is 1. The van der Waals surface area contributed by atoms with Crippen molar-refractivity contribution in [3.63, 3.8) is 0 Å². The van der Waals surface area contributed by atoms with E-state index in [0.29, 0.717) is 17.1 Å². The van der Waals surface area contributed by atoms with E-state index in [1.54, 1.807) is 12.1 Å². The number of carbonyl (C=O) groups is 1. The Kier molecular flexibility index (Phi) is 2.62. The van der Waals surface area contributed by atoms with Crippen LogP contribution in [-0.2, 0) is 11.3 Å². The lowest BCUT2D eigenvalue weighted by atomic mass is 9.90. The molecule has 0 unspecified atom stereocenters. The van der Waals surface area contributed by atoms with E-state index >= 15 is 0 Å². The molecule has 2 aliphatic rings. The molecule has 4 nitrogen and oxygen atoms in total. The number of fused-ring (bicyclic) bond motifs is 4. The Hall–Kier alpha value is -3.08. The number of halogens is 1. The highest BCUT2D eigenvalue weighted by Gasteiger charge is 2.29. The van der Waals surface area contributed by atoms with Crippen LogP contribution in [0, 0.1) is 5.82 Å². The molecule has 0 amide bonds. The lowest BCUT2D eigenvalue weighted by Gasteiger charge is -2.13. The summed E-state index contributed by atoms with van der Waals surface area (Å²) in [5.41, 5.74) is 2.97. The highest BCUT2D eigenvalue weighted by Crippen LogP contribution is 2.47. The Morgan fingerprint density at radius 1 is 0.958 bits per heavy atom. The average molecular weight is 322 g/mol. The number of ether oxygens (including phenoxy) is 3. The zero-order valence-electron chi connectivity index (χ0n) is 12.5. The number of hydrogen-bond donors (Lipinski definition) is 0. The van der Waals surface area contributed by atoms with Crippen LogP contribution < -0.4 is 9.47 Å². The minimum absolute atomic E-state index is 0.157. The smallest absolute Gasteiger partial charge is 0.338 e. The van der Waals surface area contributed by atoms with Gasteiger partial charge in [-0.2, -0.15) is 0 Å². The lowest BCUT2D eigenvalue weighted by Crippen LogP contribution is -1.97. The number of benzene rings is 3. The second-order valence-electron chi connectivity index (χ2n) is 5.76. The van der Waals surface area contributed by atoms with Crippen LogP contribution >= 0.6 is 0 Å². The van der Waals surface area contributed by atoms with Gasteiger partial charge in [-0.1, -0.05) is 18.2 Å².